The van der Waals surface area contributed by atoms with Crippen molar-refractivity contribution in [3.05, 3.63) is 48.3 Å². The molecular formula is C23H27N5O3S2. The number of sulfonamides is 1. The molecule has 3 heterocycles. The second-order valence-corrected chi connectivity index (χ2v) is 10.7. The monoisotopic (exact) mass is 485 g/mol. The third kappa shape index (κ3) is 4.05. The van der Waals surface area contributed by atoms with Crippen LogP contribution in [0, 0.1) is 0 Å². The van der Waals surface area contributed by atoms with E-state index in [0.29, 0.717) is 37.6 Å². The van der Waals surface area contributed by atoms with Crippen LogP contribution in [-0.2, 0) is 33.6 Å². The first-order chi connectivity index (χ1) is 16.0. The van der Waals surface area contributed by atoms with Crippen LogP contribution in [0.25, 0.3) is 22.1 Å². The Morgan fingerprint density at radius 2 is 1.67 bits per heavy atom. The van der Waals surface area contributed by atoms with E-state index in [0.717, 1.165) is 40.6 Å². The van der Waals surface area contributed by atoms with E-state index < -0.39 is 10.0 Å². The van der Waals surface area contributed by atoms with E-state index in [4.69, 9.17) is 14.7 Å². The first kappa shape index (κ1) is 22.4. The molecule has 0 spiro atoms. The quantitative estimate of drug-likeness (QED) is 0.371. The average Bonchev–Trinajstić information content (AvgIpc) is 3.39. The summed E-state index contributed by atoms with van der Waals surface area (Å²) in [5.74, 6) is 1.56. The van der Waals surface area contributed by atoms with Crippen molar-refractivity contribution in [2.75, 3.05) is 26.3 Å². The largest absolute Gasteiger partial charge is 0.379 e. The standard InChI is InChI=1S/C23H27N5O3S2/c1-3-27-21-10-9-17(33(29,30)26-11-13-31-14-12-26)15-19(21)24-22(27)16-32-23-25-18-7-5-6-8-20(18)28(23)4-2/h5-10,15H,3-4,11-14,16H2,1-2H3. The van der Waals surface area contributed by atoms with Crippen LogP contribution in [0.1, 0.15) is 19.7 Å². The van der Waals surface area contributed by atoms with Crippen LogP contribution in [0.3, 0.4) is 0 Å². The van der Waals surface area contributed by atoms with Gasteiger partial charge in [0.1, 0.15) is 5.82 Å². The summed E-state index contributed by atoms with van der Waals surface area (Å²) < 4.78 is 37.3. The van der Waals surface area contributed by atoms with Gasteiger partial charge in [-0.3, -0.25) is 0 Å². The molecule has 8 nitrogen and oxygen atoms in total. The molecule has 1 aliphatic heterocycles. The van der Waals surface area contributed by atoms with Crippen LogP contribution in [0.5, 0.6) is 0 Å². The Morgan fingerprint density at radius 1 is 0.939 bits per heavy atom. The maximum absolute atomic E-state index is 13.1. The van der Waals surface area contributed by atoms with Crippen LogP contribution in [0.4, 0.5) is 0 Å². The third-order valence-corrected chi connectivity index (χ3v) is 8.86. The van der Waals surface area contributed by atoms with Gasteiger partial charge in [0, 0.05) is 26.2 Å². The molecule has 0 bridgehead atoms. The number of benzene rings is 2. The molecule has 0 atom stereocenters. The zero-order valence-corrected chi connectivity index (χ0v) is 20.4. The fourth-order valence-electron chi connectivity index (χ4n) is 4.32. The summed E-state index contributed by atoms with van der Waals surface area (Å²) in [5.41, 5.74) is 3.76. The molecule has 0 N–H and O–H groups in total. The van der Waals surface area contributed by atoms with Gasteiger partial charge < -0.3 is 13.9 Å². The van der Waals surface area contributed by atoms with Gasteiger partial charge in [0.05, 0.1) is 45.9 Å². The lowest BCUT2D eigenvalue weighted by Gasteiger charge is -2.26. The number of imidazole rings is 2. The summed E-state index contributed by atoms with van der Waals surface area (Å²) in [7, 11) is -3.56. The van der Waals surface area contributed by atoms with Crippen molar-refractivity contribution in [3.63, 3.8) is 0 Å². The first-order valence-electron chi connectivity index (χ1n) is 11.2. The number of morpholine rings is 1. The van der Waals surface area contributed by atoms with E-state index in [2.05, 4.69) is 29.0 Å². The fraction of sp³-hybridized carbons (Fsp3) is 0.391. The number of rotatable bonds is 7. The lowest BCUT2D eigenvalue weighted by molar-refractivity contribution is 0.0730. The van der Waals surface area contributed by atoms with E-state index >= 15 is 0 Å². The molecule has 2 aromatic heterocycles. The summed E-state index contributed by atoms with van der Waals surface area (Å²) in [5, 5.41) is 0.962. The van der Waals surface area contributed by atoms with Crippen LogP contribution in [-0.4, -0.2) is 58.1 Å². The molecule has 1 saturated heterocycles. The Labute approximate surface area is 197 Å². The second-order valence-electron chi connectivity index (χ2n) is 7.86. The van der Waals surface area contributed by atoms with Crippen molar-refractivity contribution in [1.82, 2.24) is 23.4 Å². The number of aryl methyl sites for hydroxylation is 2. The number of hydrogen-bond acceptors (Lipinski definition) is 6. The summed E-state index contributed by atoms with van der Waals surface area (Å²) >= 11 is 1.66. The van der Waals surface area contributed by atoms with Crippen molar-refractivity contribution >= 4 is 43.9 Å². The van der Waals surface area contributed by atoms with Crippen molar-refractivity contribution in [2.45, 2.75) is 42.7 Å². The van der Waals surface area contributed by atoms with E-state index in [1.807, 2.05) is 24.3 Å². The highest BCUT2D eigenvalue weighted by molar-refractivity contribution is 7.98. The van der Waals surface area contributed by atoms with Gasteiger partial charge in [-0.15, -0.1) is 0 Å². The second kappa shape index (κ2) is 9.09. The Kier molecular flexibility index (Phi) is 6.17. The lowest BCUT2D eigenvalue weighted by Crippen LogP contribution is -2.40. The van der Waals surface area contributed by atoms with E-state index in [9.17, 15) is 8.42 Å². The van der Waals surface area contributed by atoms with Crippen molar-refractivity contribution in [1.29, 1.82) is 0 Å². The van der Waals surface area contributed by atoms with Gasteiger partial charge in [-0.1, -0.05) is 23.9 Å². The molecule has 174 valence electrons. The van der Waals surface area contributed by atoms with Gasteiger partial charge in [0.15, 0.2) is 5.16 Å². The molecule has 0 saturated carbocycles. The highest BCUT2D eigenvalue weighted by Crippen LogP contribution is 2.29. The zero-order chi connectivity index (χ0) is 23.0. The van der Waals surface area contributed by atoms with Crippen LogP contribution in [0.2, 0.25) is 0 Å². The highest BCUT2D eigenvalue weighted by atomic mass is 32.2. The number of hydrogen-bond donors (Lipinski definition) is 0. The predicted octanol–water partition coefficient (Wildman–Crippen LogP) is 3.74. The van der Waals surface area contributed by atoms with Crippen LogP contribution >= 0.6 is 11.8 Å². The summed E-state index contributed by atoms with van der Waals surface area (Å²) in [6.45, 7) is 7.41. The van der Waals surface area contributed by atoms with Crippen molar-refractivity contribution in [3.8, 4) is 0 Å². The molecule has 5 rings (SSSR count). The summed E-state index contributed by atoms with van der Waals surface area (Å²) in [6, 6.07) is 13.4. The average molecular weight is 486 g/mol. The predicted molar refractivity (Wildman–Crippen MR) is 130 cm³/mol. The molecule has 33 heavy (non-hydrogen) atoms. The van der Waals surface area contributed by atoms with Crippen molar-refractivity contribution < 1.29 is 13.2 Å². The fourth-order valence-corrected chi connectivity index (χ4v) is 6.77. The van der Waals surface area contributed by atoms with E-state index in [-0.39, 0.29) is 4.90 Å². The summed E-state index contributed by atoms with van der Waals surface area (Å²) in [4.78, 5) is 9.91. The molecule has 10 heteroatoms. The van der Waals surface area contributed by atoms with Gasteiger partial charge in [0.25, 0.3) is 0 Å². The van der Waals surface area contributed by atoms with E-state index in [1.165, 1.54) is 4.31 Å². The van der Waals surface area contributed by atoms with Crippen LogP contribution < -0.4 is 0 Å². The van der Waals surface area contributed by atoms with Gasteiger partial charge in [-0.05, 0) is 44.2 Å². The Morgan fingerprint density at radius 3 is 2.42 bits per heavy atom. The third-order valence-electron chi connectivity index (χ3n) is 5.99. The normalized spacial score (nSPS) is 15.6. The zero-order valence-electron chi connectivity index (χ0n) is 18.8. The number of aromatic nitrogens is 4. The minimum atomic E-state index is -3.56. The number of nitrogens with zero attached hydrogens (tertiary/aromatic N) is 5. The highest BCUT2D eigenvalue weighted by Gasteiger charge is 2.27. The Balaban J connectivity index is 1.45. The summed E-state index contributed by atoms with van der Waals surface area (Å²) in [6.07, 6.45) is 0. The maximum atomic E-state index is 13.1. The van der Waals surface area contributed by atoms with Crippen molar-refractivity contribution in [2.24, 2.45) is 0 Å². The molecule has 0 unspecified atom stereocenters. The van der Waals surface area contributed by atoms with Gasteiger partial charge in [-0.2, -0.15) is 4.31 Å². The van der Waals surface area contributed by atoms with Gasteiger partial charge in [-0.25, -0.2) is 18.4 Å². The topological polar surface area (TPSA) is 82.2 Å². The molecule has 0 radical (unpaired) electrons. The lowest BCUT2D eigenvalue weighted by atomic mass is 10.3. The minimum Gasteiger partial charge on any atom is -0.379 e. The molecule has 1 fully saturated rings. The molecule has 0 aliphatic carbocycles. The molecular weight excluding hydrogens is 458 g/mol. The number of para-hydroxylation sites is 2. The van der Waals surface area contributed by atoms with Gasteiger partial charge >= 0.3 is 0 Å². The number of thioether (sulfide) groups is 1. The SMILES string of the molecule is CCn1c(CSc2nc3ccccc3n2CC)nc2cc(S(=O)(=O)N3CCOCC3)ccc21. The molecule has 2 aromatic carbocycles. The Hall–Kier alpha value is -2.40. The molecule has 1 aliphatic rings. The van der Waals surface area contributed by atoms with E-state index in [1.54, 1.807) is 23.9 Å². The molecule has 0 amide bonds. The maximum Gasteiger partial charge on any atom is 0.243 e. The van der Waals surface area contributed by atoms with Gasteiger partial charge in [0.2, 0.25) is 10.0 Å². The molecule has 4 aromatic rings. The smallest absolute Gasteiger partial charge is 0.243 e. The Bertz CT molecular complexity index is 1400. The van der Waals surface area contributed by atoms with Crippen LogP contribution in [0.15, 0.2) is 52.5 Å². The number of ether oxygens (including phenoxy) is 1. The first-order valence-corrected chi connectivity index (χ1v) is 13.6. The number of fused-ring (bicyclic) bond motifs is 2. The minimum absolute atomic E-state index is 0.282.